The number of fused-ring (bicyclic) bond motifs is 13. The highest BCUT2D eigenvalue weighted by Gasteiger charge is 2.34. The van der Waals surface area contributed by atoms with Gasteiger partial charge in [-0.15, -0.1) is 0 Å². The largest absolute Gasteiger partial charge is 0.455 e. The van der Waals surface area contributed by atoms with E-state index in [0.717, 1.165) is 61.4 Å². The molecule has 0 N–H and O–H groups in total. The Kier molecular flexibility index (Phi) is 5.32. The molecule has 0 radical (unpaired) electrons. The van der Waals surface area contributed by atoms with Crippen molar-refractivity contribution in [1.29, 1.82) is 0 Å². The van der Waals surface area contributed by atoms with Crippen LogP contribution in [0.25, 0.3) is 72.1 Å². The third-order valence-corrected chi connectivity index (χ3v) is 11.2. The Labute approximate surface area is 270 Å². The monoisotopic (exact) mass is 624 g/mol. The topological polar surface area (TPSA) is 61.2 Å². The molecule has 8 aromatic rings. The van der Waals surface area contributed by atoms with Crippen molar-refractivity contribution in [2.45, 2.75) is 9.79 Å². The third-order valence-electron chi connectivity index (χ3n) is 9.43. The van der Waals surface area contributed by atoms with Crippen LogP contribution in [0, 0.1) is 0 Å². The molecule has 222 valence electrons. The molecule has 10 rings (SSSR count). The number of para-hydroxylation sites is 3. The summed E-state index contributed by atoms with van der Waals surface area (Å²) in [6.45, 7) is 0. The molecule has 2 aliphatic rings. The van der Waals surface area contributed by atoms with Gasteiger partial charge in [0.1, 0.15) is 21.3 Å². The van der Waals surface area contributed by atoms with E-state index in [1.165, 1.54) is 10.8 Å². The maximum absolute atomic E-state index is 14.1. The van der Waals surface area contributed by atoms with Gasteiger partial charge in [0.15, 0.2) is 0 Å². The van der Waals surface area contributed by atoms with Crippen molar-refractivity contribution in [3.05, 3.63) is 146 Å². The van der Waals surface area contributed by atoms with Crippen molar-refractivity contribution in [1.82, 2.24) is 9.55 Å². The van der Waals surface area contributed by atoms with Crippen LogP contribution in [0.4, 0.5) is 0 Å². The minimum atomic E-state index is -3.86. The quantitative estimate of drug-likeness (QED) is 0.182. The number of hydrogen-bond donors (Lipinski definition) is 0. The summed E-state index contributed by atoms with van der Waals surface area (Å²) in [5.74, 6) is 0.624. The predicted octanol–water partition coefficient (Wildman–Crippen LogP) is 10.1. The smallest absolute Gasteiger partial charge is 0.213 e. The predicted molar refractivity (Wildman–Crippen MR) is 186 cm³/mol. The summed E-state index contributed by atoms with van der Waals surface area (Å²) < 4.78 is 36.9. The molecule has 0 bridgehead atoms. The van der Waals surface area contributed by atoms with E-state index in [0.29, 0.717) is 11.5 Å². The molecule has 6 aromatic carbocycles. The standard InChI is InChI=1S/C41H24N2O3S/c44-47(45)39-18-8-7-17-37(39)46-38-23-34-33(24-40(38)47)32-22-25(43-35-15-5-3-12-29(35)30-13-4-6-16-36(30)43)19-20-28(32)26-10-1-2-11-27(26)31-14-9-21-42-41(31)34/h1-24H. The number of pyridine rings is 1. The Balaban J connectivity index is 1.33. The average molecular weight is 625 g/mol. The van der Waals surface area contributed by atoms with Crippen LogP contribution < -0.4 is 4.74 Å². The second-order valence-corrected chi connectivity index (χ2v) is 13.8. The molecular weight excluding hydrogens is 601 g/mol. The molecule has 0 amide bonds. The van der Waals surface area contributed by atoms with Gasteiger partial charge in [0.2, 0.25) is 9.84 Å². The van der Waals surface area contributed by atoms with E-state index in [9.17, 15) is 8.42 Å². The van der Waals surface area contributed by atoms with Gasteiger partial charge in [-0.2, -0.15) is 0 Å². The lowest BCUT2D eigenvalue weighted by molar-refractivity contribution is 0.443. The molecular formula is C41H24N2O3S. The average Bonchev–Trinajstić information content (AvgIpc) is 3.45. The lowest BCUT2D eigenvalue weighted by Gasteiger charge is -2.26. The van der Waals surface area contributed by atoms with Crippen LogP contribution in [0.2, 0.25) is 0 Å². The first-order valence-electron chi connectivity index (χ1n) is 15.5. The molecule has 47 heavy (non-hydrogen) atoms. The number of benzene rings is 6. The first-order valence-corrected chi connectivity index (χ1v) is 16.9. The second-order valence-electron chi connectivity index (χ2n) is 11.9. The highest BCUT2D eigenvalue weighted by molar-refractivity contribution is 7.91. The van der Waals surface area contributed by atoms with Crippen molar-refractivity contribution < 1.29 is 13.2 Å². The van der Waals surface area contributed by atoms with Gasteiger partial charge in [0.05, 0.1) is 16.7 Å². The Morgan fingerprint density at radius 1 is 0.489 bits per heavy atom. The van der Waals surface area contributed by atoms with E-state index >= 15 is 0 Å². The van der Waals surface area contributed by atoms with Gasteiger partial charge >= 0.3 is 0 Å². The van der Waals surface area contributed by atoms with E-state index in [2.05, 4.69) is 89.5 Å². The van der Waals surface area contributed by atoms with Crippen LogP contribution in [-0.4, -0.2) is 18.0 Å². The molecule has 0 atom stereocenters. The molecule has 3 heterocycles. The summed E-state index contributed by atoms with van der Waals surface area (Å²) in [6.07, 6.45) is 1.79. The minimum absolute atomic E-state index is 0.148. The van der Waals surface area contributed by atoms with Crippen LogP contribution in [0.3, 0.4) is 0 Å². The van der Waals surface area contributed by atoms with Crippen molar-refractivity contribution in [3.63, 3.8) is 0 Å². The van der Waals surface area contributed by atoms with Gasteiger partial charge in [-0.05, 0) is 82.4 Å². The number of aromatic nitrogens is 2. The number of sulfone groups is 1. The van der Waals surface area contributed by atoms with Crippen LogP contribution in [-0.2, 0) is 9.84 Å². The normalized spacial score (nSPS) is 13.6. The molecule has 6 heteroatoms. The fraction of sp³-hybridized carbons (Fsp3) is 0. The highest BCUT2D eigenvalue weighted by atomic mass is 32.2. The summed E-state index contributed by atoms with van der Waals surface area (Å²) >= 11 is 0. The van der Waals surface area contributed by atoms with E-state index in [1.807, 2.05) is 24.3 Å². The van der Waals surface area contributed by atoms with Gasteiger partial charge in [0.25, 0.3) is 0 Å². The van der Waals surface area contributed by atoms with Crippen molar-refractivity contribution in [2.75, 3.05) is 0 Å². The minimum Gasteiger partial charge on any atom is -0.455 e. The van der Waals surface area contributed by atoms with Crippen LogP contribution >= 0.6 is 0 Å². The Hall–Kier alpha value is -5.98. The second kappa shape index (κ2) is 9.52. The third kappa shape index (κ3) is 3.64. The Morgan fingerprint density at radius 3 is 1.89 bits per heavy atom. The van der Waals surface area contributed by atoms with Crippen LogP contribution in [0.15, 0.2) is 156 Å². The van der Waals surface area contributed by atoms with Crippen LogP contribution in [0.1, 0.15) is 0 Å². The van der Waals surface area contributed by atoms with Crippen molar-refractivity contribution in [2.24, 2.45) is 0 Å². The van der Waals surface area contributed by atoms with E-state index in [4.69, 9.17) is 9.72 Å². The Morgan fingerprint density at radius 2 is 1.11 bits per heavy atom. The summed E-state index contributed by atoms with van der Waals surface area (Å²) in [7, 11) is -3.86. The van der Waals surface area contributed by atoms with Crippen molar-refractivity contribution >= 4 is 31.6 Å². The molecule has 5 nitrogen and oxygen atoms in total. The van der Waals surface area contributed by atoms with Gasteiger partial charge in [-0.25, -0.2) is 8.42 Å². The van der Waals surface area contributed by atoms with E-state index < -0.39 is 9.84 Å². The first-order chi connectivity index (χ1) is 23.1. The Bertz CT molecular complexity index is 2690. The van der Waals surface area contributed by atoms with E-state index in [1.54, 1.807) is 36.5 Å². The maximum Gasteiger partial charge on any atom is 0.213 e. The summed E-state index contributed by atoms with van der Waals surface area (Å²) in [5.41, 5.74) is 10.6. The lowest BCUT2D eigenvalue weighted by atomic mass is 9.82. The summed E-state index contributed by atoms with van der Waals surface area (Å²) in [5, 5.41) is 2.35. The summed E-state index contributed by atoms with van der Waals surface area (Å²) in [6, 6.07) is 46.2. The lowest BCUT2D eigenvalue weighted by Crippen LogP contribution is -2.12. The van der Waals surface area contributed by atoms with Gasteiger partial charge in [-0.3, -0.25) is 4.98 Å². The van der Waals surface area contributed by atoms with Crippen molar-refractivity contribution in [3.8, 4) is 61.8 Å². The molecule has 1 aliphatic heterocycles. The van der Waals surface area contributed by atoms with Gasteiger partial charge < -0.3 is 9.30 Å². The molecule has 0 fully saturated rings. The number of hydrogen-bond acceptors (Lipinski definition) is 4. The zero-order valence-corrected chi connectivity index (χ0v) is 25.7. The SMILES string of the molecule is O=S1(=O)c2ccccc2Oc2cc3c(cc21)-c1cc(-n2c4ccccc4c4ccccc42)ccc1-c1ccccc1-c1cccnc1-3. The zero-order chi connectivity index (χ0) is 31.3. The van der Waals surface area contributed by atoms with Crippen LogP contribution in [0.5, 0.6) is 11.5 Å². The fourth-order valence-corrected chi connectivity index (χ4v) is 8.89. The van der Waals surface area contributed by atoms with Gasteiger partial charge in [0, 0.05) is 33.8 Å². The molecule has 2 aromatic heterocycles. The number of rotatable bonds is 1. The molecule has 1 aliphatic carbocycles. The zero-order valence-electron chi connectivity index (χ0n) is 24.9. The molecule has 0 saturated heterocycles. The van der Waals surface area contributed by atoms with Gasteiger partial charge in [-0.1, -0.05) is 84.9 Å². The molecule has 0 saturated carbocycles. The summed E-state index contributed by atoms with van der Waals surface area (Å²) in [4.78, 5) is 5.22. The maximum atomic E-state index is 14.1. The molecule has 0 spiro atoms. The number of nitrogens with zero attached hydrogens (tertiary/aromatic N) is 2. The number of ether oxygens (including phenoxy) is 1. The first kappa shape index (κ1) is 26.3. The highest BCUT2D eigenvalue weighted by Crippen LogP contribution is 2.52. The van der Waals surface area contributed by atoms with E-state index in [-0.39, 0.29) is 9.79 Å². The fourth-order valence-electron chi connectivity index (χ4n) is 7.38. The molecule has 0 unspecified atom stereocenters.